The summed E-state index contributed by atoms with van der Waals surface area (Å²) >= 11 is 0. The quantitative estimate of drug-likeness (QED) is 0.470. The third-order valence-electron chi connectivity index (χ3n) is 5.81. The average Bonchev–Trinajstić information content (AvgIpc) is 3.10. The molecule has 1 unspecified atom stereocenters. The molecule has 1 aliphatic carbocycles. The summed E-state index contributed by atoms with van der Waals surface area (Å²) in [6.45, 7) is 0. The number of ether oxygens (including phenoxy) is 1. The van der Waals surface area contributed by atoms with Crippen LogP contribution in [0.1, 0.15) is 27.8 Å². The lowest BCUT2D eigenvalue weighted by atomic mass is 9.80. The van der Waals surface area contributed by atoms with E-state index in [0.717, 1.165) is 44.7 Å². The lowest BCUT2D eigenvalue weighted by molar-refractivity contribution is 0.148. The van der Waals surface area contributed by atoms with E-state index in [0.29, 0.717) is 0 Å². The highest BCUT2D eigenvalue weighted by Crippen LogP contribution is 2.55. The van der Waals surface area contributed by atoms with Crippen LogP contribution in [0.4, 0.5) is 0 Å². The van der Waals surface area contributed by atoms with Crippen molar-refractivity contribution in [2.24, 2.45) is 0 Å². The number of hydrogen-bond acceptors (Lipinski definition) is 2. The number of rotatable bonds is 4. The van der Waals surface area contributed by atoms with Crippen molar-refractivity contribution in [1.29, 1.82) is 0 Å². The maximum atomic E-state index is 12.4. The Balaban J connectivity index is 1.92. The van der Waals surface area contributed by atoms with E-state index in [1.165, 1.54) is 0 Å². The van der Waals surface area contributed by atoms with Gasteiger partial charge in [-0.1, -0.05) is 97.1 Å². The molecule has 0 heterocycles. The number of methoxy groups -OCH3 is 1. The van der Waals surface area contributed by atoms with Crippen LogP contribution in [0.3, 0.4) is 0 Å². The second kappa shape index (κ2) is 7.33. The molecule has 1 N–H and O–H groups in total. The Morgan fingerprint density at radius 3 is 1.83 bits per heavy atom. The molecule has 146 valence electrons. The Labute approximate surface area is 176 Å². The highest BCUT2D eigenvalue weighted by molar-refractivity contribution is 6.08. The summed E-state index contributed by atoms with van der Waals surface area (Å²) in [4.78, 5) is 0. The number of hydrogen-bond donors (Lipinski definition) is 1. The minimum atomic E-state index is -1.27. The van der Waals surface area contributed by atoms with Gasteiger partial charge in [0.2, 0.25) is 0 Å². The SMILES string of the molecule is COc1ccc2c(c1)C(c1ccccc1)=C(c1ccccc1)C2(O)c1ccccc1. The van der Waals surface area contributed by atoms with Crippen LogP contribution in [0.15, 0.2) is 109 Å². The maximum absolute atomic E-state index is 12.4. The summed E-state index contributed by atoms with van der Waals surface area (Å²) in [7, 11) is 1.67. The summed E-state index contributed by atoms with van der Waals surface area (Å²) in [5.74, 6) is 0.770. The second-order valence-corrected chi connectivity index (χ2v) is 7.47. The van der Waals surface area contributed by atoms with Gasteiger partial charge in [0.15, 0.2) is 0 Å². The van der Waals surface area contributed by atoms with E-state index >= 15 is 0 Å². The molecule has 0 fully saturated rings. The van der Waals surface area contributed by atoms with Gasteiger partial charge in [-0.2, -0.15) is 0 Å². The zero-order chi connectivity index (χ0) is 20.6. The van der Waals surface area contributed by atoms with Crippen molar-refractivity contribution in [3.8, 4) is 5.75 Å². The third kappa shape index (κ3) is 2.77. The fourth-order valence-corrected chi connectivity index (χ4v) is 4.46. The van der Waals surface area contributed by atoms with Crippen LogP contribution in [0, 0.1) is 0 Å². The topological polar surface area (TPSA) is 29.5 Å². The van der Waals surface area contributed by atoms with Gasteiger partial charge in [-0.3, -0.25) is 0 Å². The van der Waals surface area contributed by atoms with Crippen molar-refractivity contribution < 1.29 is 9.84 Å². The van der Waals surface area contributed by atoms with Crippen molar-refractivity contribution in [2.75, 3.05) is 7.11 Å². The van der Waals surface area contributed by atoms with Gasteiger partial charge >= 0.3 is 0 Å². The summed E-state index contributed by atoms with van der Waals surface area (Å²) in [5, 5.41) is 12.4. The van der Waals surface area contributed by atoms with Crippen molar-refractivity contribution in [1.82, 2.24) is 0 Å². The molecular weight excluding hydrogens is 368 g/mol. The first kappa shape index (κ1) is 18.4. The molecule has 5 rings (SSSR count). The molecule has 0 saturated carbocycles. The molecule has 1 atom stereocenters. The molecule has 1 aliphatic rings. The van der Waals surface area contributed by atoms with Gasteiger partial charge in [-0.15, -0.1) is 0 Å². The summed E-state index contributed by atoms with van der Waals surface area (Å²) in [6, 6.07) is 36.3. The number of aliphatic hydroxyl groups is 1. The van der Waals surface area contributed by atoms with E-state index in [2.05, 4.69) is 24.3 Å². The first-order chi connectivity index (χ1) is 14.7. The third-order valence-corrected chi connectivity index (χ3v) is 5.81. The predicted molar refractivity (Wildman–Crippen MR) is 121 cm³/mol. The lowest BCUT2D eigenvalue weighted by Crippen LogP contribution is -2.27. The van der Waals surface area contributed by atoms with E-state index in [1.54, 1.807) is 7.11 Å². The normalized spacial score (nSPS) is 17.7. The minimum absolute atomic E-state index is 0.770. The Kier molecular flexibility index (Phi) is 4.50. The Morgan fingerprint density at radius 1 is 0.667 bits per heavy atom. The molecule has 0 aromatic heterocycles. The first-order valence-electron chi connectivity index (χ1n) is 10.1. The Hall–Kier alpha value is -3.62. The Morgan fingerprint density at radius 2 is 1.23 bits per heavy atom. The molecule has 0 saturated heterocycles. The zero-order valence-corrected chi connectivity index (χ0v) is 16.7. The predicted octanol–water partition coefficient (Wildman–Crippen LogP) is 5.90. The highest BCUT2D eigenvalue weighted by Gasteiger charge is 2.46. The van der Waals surface area contributed by atoms with Gasteiger partial charge in [0.25, 0.3) is 0 Å². The van der Waals surface area contributed by atoms with Gasteiger partial charge in [-0.05, 0) is 40.0 Å². The standard InChI is InChI=1S/C28H22O2/c1-30-23-17-18-25-24(19-23)26(20-11-5-2-6-12-20)27(21-13-7-3-8-14-21)28(25,29)22-15-9-4-10-16-22/h2-19,29H,1H3. The van der Waals surface area contributed by atoms with Crippen LogP contribution in [0.5, 0.6) is 5.75 Å². The molecule has 0 amide bonds. The smallest absolute Gasteiger partial charge is 0.142 e. The molecule has 0 radical (unpaired) electrons. The van der Waals surface area contributed by atoms with E-state index in [1.807, 2.05) is 84.9 Å². The van der Waals surface area contributed by atoms with Crippen LogP contribution >= 0.6 is 0 Å². The van der Waals surface area contributed by atoms with Gasteiger partial charge in [0.05, 0.1) is 7.11 Å². The lowest BCUT2D eigenvalue weighted by Gasteiger charge is -2.29. The van der Waals surface area contributed by atoms with Crippen LogP contribution in [-0.4, -0.2) is 12.2 Å². The van der Waals surface area contributed by atoms with Crippen molar-refractivity contribution >= 4 is 11.1 Å². The molecule has 0 spiro atoms. The summed E-state index contributed by atoms with van der Waals surface area (Å²) in [5.41, 5.74) is 5.43. The maximum Gasteiger partial charge on any atom is 0.142 e. The van der Waals surface area contributed by atoms with Crippen molar-refractivity contribution in [3.05, 3.63) is 137 Å². The van der Waals surface area contributed by atoms with Crippen LogP contribution in [0.25, 0.3) is 11.1 Å². The monoisotopic (exact) mass is 390 g/mol. The Bertz CT molecular complexity index is 1210. The fourth-order valence-electron chi connectivity index (χ4n) is 4.46. The number of benzene rings is 4. The minimum Gasteiger partial charge on any atom is -0.497 e. The molecule has 4 aromatic carbocycles. The van der Waals surface area contributed by atoms with E-state index in [4.69, 9.17) is 4.74 Å². The van der Waals surface area contributed by atoms with Gasteiger partial charge in [0.1, 0.15) is 11.4 Å². The zero-order valence-electron chi connectivity index (χ0n) is 16.7. The van der Waals surface area contributed by atoms with Crippen molar-refractivity contribution in [3.63, 3.8) is 0 Å². The fraction of sp³-hybridized carbons (Fsp3) is 0.0714. The van der Waals surface area contributed by atoms with Gasteiger partial charge < -0.3 is 9.84 Å². The average molecular weight is 390 g/mol. The van der Waals surface area contributed by atoms with Crippen LogP contribution < -0.4 is 4.74 Å². The molecule has 4 aromatic rings. The highest BCUT2D eigenvalue weighted by atomic mass is 16.5. The van der Waals surface area contributed by atoms with Gasteiger partial charge in [-0.25, -0.2) is 0 Å². The largest absolute Gasteiger partial charge is 0.497 e. The van der Waals surface area contributed by atoms with Crippen LogP contribution in [-0.2, 0) is 5.60 Å². The van der Waals surface area contributed by atoms with E-state index in [-0.39, 0.29) is 0 Å². The summed E-state index contributed by atoms with van der Waals surface area (Å²) < 4.78 is 5.53. The molecule has 0 bridgehead atoms. The second-order valence-electron chi connectivity index (χ2n) is 7.47. The van der Waals surface area contributed by atoms with Crippen molar-refractivity contribution in [2.45, 2.75) is 5.60 Å². The molecule has 30 heavy (non-hydrogen) atoms. The molecular formula is C28H22O2. The van der Waals surface area contributed by atoms with Gasteiger partial charge in [0, 0.05) is 11.1 Å². The van der Waals surface area contributed by atoms with E-state index in [9.17, 15) is 5.11 Å². The first-order valence-corrected chi connectivity index (χ1v) is 10.1. The molecule has 2 heteroatoms. The molecule has 2 nitrogen and oxygen atoms in total. The van der Waals surface area contributed by atoms with E-state index < -0.39 is 5.60 Å². The van der Waals surface area contributed by atoms with Crippen LogP contribution in [0.2, 0.25) is 0 Å². The summed E-state index contributed by atoms with van der Waals surface area (Å²) in [6.07, 6.45) is 0. The number of fused-ring (bicyclic) bond motifs is 1. The molecule has 0 aliphatic heterocycles.